The molecule has 0 aromatic rings. The number of nitrogens with two attached hydrogens (primary N) is 1. The fourth-order valence-electron chi connectivity index (χ4n) is 1.88. The summed E-state index contributed by atoms with van der Waals surface area (Å²) in [6, 6.07) is 0.640. The van der Waals surface area contributed by atoms with Crippen LogP contribution < -0.4 is 16.4 Å². The van der Waals surface area contributed by atoms with Gasteiger partial charge in [0.15, 0.2) is 0 Å². The van der Waals surface area contributed by atoms with Crippen LogP contribution in [0.5, 0.6) is 0 Å². The van der Waals surface area contributed by atoms with Crippen molar-refractivity contribution in [2.45, 2.75) is 57.5 Å². The van der Waals surface area contributed by atoms with Gasteiger partial charge in [0.05, 0.1) is 0 Å². The van der Waals surface area contributed by atoms with Crippen LogP contribution in [0.25, 0.3) is 0 Å². The van der Waals surface area contributed by atoms with Gasteiger partial charge in [-0.2, -0.15) is 0 Å². The standard InChI is InChI=1S/C11H23N3O/c1-2-3-8-13-11(15)14-10-6-4-9(12)5-7-10/h9-10H,2-8,12H2,1H3,(H2,13,14,15). The van der Waals surface area contributed by atoms with Crippen molar-refractivity contribution in [2.75, 3.05) is 6.54 Å². The molecule has 0 aromatic carbocycles. The summed E-state index contributed by atoms with van der Waals surface area (Å²) >= 11 is 0. The van der Waals surface area contributed by atoms with Crippen molar-refractivity contribution in [3.63, 3.8) is 0 Å². The van der Waals surface area contributed by atoms with E-state index in [4.69, 9.17) is 5.73 Å². The van der Waals surface area contributed by atoms with Crippen LogP contribution in [-0.2, 0) is 0 Å². The number of carbonyl (C=O) groups is 1. The molecule has 0 bridgehead atoms. The van der Waals surface area contributed by atoms with Gasteiger partial charge in [0.1, 0.15) is 0 Å². The predicted molar refractivity (Wildman–Crippen MR) is 61.7 cm³/mol. The van der Waals surface area contributed by atoms with E-state index in [0.717, 1.165) is 45.1 Å². The first kappa shape index (κ1) is 12.3. The van der Waals surface area contributed by atoms with Crippen LogP contribution in [0.1, 0.15) is 45.4 Å². The first-order chi connectivity index (χ1) is 7.22. The number of hydrogen-bond acceptors (Lipinski definition) is 2. The van der Waals surface area contributed by atoms with E-state index in [1.54, 1.807) is 0 Å². The Labute approximate surface area is 92.0 Å². The Bertz CT molecular complexity index is 188. The second-order valence-electron chi connectivity index (χ2n) is 4.37. The summed E-state index contributed by atoms with van der Waals surface area (Å²) in [5, 5.41) is 5.85. The molecule has 1 fully saturated rings. The zero-order valence-corrected chi connectivity index (χ0v) is 9.59. The summed E-state index contributed by atoms with van der Waals surface area (Å²) in [4.78, 5) is 11.4. The van der Waals surface area contributed by atoms with Crippen molar-refractivity contribution < 1.29 is 4.79 Å². The van der Waals surface area contributed by atoms with Gasteiger partial charge >= 0.3 is 6.03 Å². The van der Waals surface area contributed by atoms with E-state index in [1.807, 2.05) is 0 Å². The highest BCUT2D eigenvalue weighted by Gasteiger charge is 2.19. The van der Waals surface area contributed by atoms with Crippen LogP contribution in [0.4, 0.5) is 4.79 Å². The van der Waals surface area contributed by atoms with Crippen LogP contribution >= 0.6 is 0 Å². The number of amides is 2. The lowest BCUT2D eigenvalue weighted by molar-refractivity contribution is 0.231. The molecule has 4 nitrogen and oxygen atoms in total. The van der Waals surface area contributed by atoms with Crippen molar-refractivity contribution in [3.05, 3.63) is 0 Å². The molecule has 0 heterocycles. The molecule has 1 saturated carbocycles. The summed E-state index contributed by atoms with van der Waals surface area (Å²) in [6.07, 6.45) is 6.24. The van der Waals surface area contributed by atoms with Gasteiger partial charge in [0.2, 0.25) is 0 Å². The quantitative estimate of drug-likeness (QED) is 0.617. The first-order valence-electron chi connectivity index (χ1n) is 6.02. The lowest BCUT2D eigenvalue weighted by Crippen LogP contribution is -2.45. The summed E-state index contributed by atoms with van der Waals surface area (Å²) in [5.74, 6) is 0. The highest BCUT2D eigenvalue weighted by molar-refractivity contribution is 5.74. The molecule has 0 radical (unpaired) electrons. The summed E-state index contributed by atoms with van der Waals surface area (Å²) in [6.45, 7) is 2.89. The number of urea groups is 1. The van der Waals surface area contributed by atoms with Crippen LogP contribution in [0.3, 0.4) is 0 Å². The smallest absolute Gasteiger partial charge is 0.315 e. The molecule has 1 aliphatic carbocycles. The van der Waals surface area contributed by atoms with Crippen molar-refractivity contribution in [1.82, 2.24) is 10.6 Å². The second kappa shape index (κ2) is 6.67. The number of carbonyl (C=O) groups excluding carboxylic acids is 1. The molecule has 0 aliphatic heterocycles. The summed E-state index contributed by atoms with van der Waals surface area (Å²) in [5.41, 5.74) is 5.80. The molecule has 0 saturated heterocycles. The molecule has 15 heavy (non-hydrogen) atoms. The molecule has 1 aliphatic rings. The normalized spacial score (nSPS) is 26.0. The Morgan fingerprint density at radius 2 is 2.00 bits per heavy atom. The Morgan fingerprint density at radius 3 is 2.60 bits per heavy atom. The highest BCUT2D eigenvalue weighted by Crippen LogP contribution is 2.16. The maximum atomic E-state index is 11.4. The van der Waals surface area contributed by atoms with Gasteiger partial charge in [-0.15, -0.1) is 0 Å². The van der Waals surface area contributed by atoms with Gasteiger partial charge in [-0.25, -0.2) is 4.79 Å². The average molecular weight is 213 g/mol. The molecule has 0 unspecified atom stereocenters. The molecular weight excluding hydrogens is 190 g/mol. The topological polar surface area (TPSA) is 67.2 Å². The maximum absolute atomic E-state index is 11.4. The molecule has 1 rings (SSSR count). The maximum Gasteiger partial charge on any atom is 0.315 e. The average Bonchev–Trinajstić information content (AvgIpc) is 2.22. The highest BCUT2D eigenvalue weighted by atomic mass is 16.2. The zero-order valence-electron chi connectivity index (χ0n) is 9.59. The van der Waals surface area contributed by atoms with Gasteiger partial charge in [-0.05, 0) is 32.1 Å². The van der Waals surface area contributed by atoms with E-state index in [2.05, 4.69) is 17.6 Å². The van der Waals surface area contributed by atoms with E-state index in [0.29, 0.717) is 12.1 Å². The molecular formula is C11H23N3O. The number of unbranched alkanes of at least 4 members (excludes halogenated alkanes) is 1. The minimum atomic E-state index is -0.0241. The van der Waals surface area contributed by atoms with Crippen LogP contribution in [0, 0.1) is 0 Å². The van der Waals surface area contributed by atoms with E-state index in [9.17, 15) is 4.79 Å². The summed E-state index contributed by atoms with van der Waals surface area (Å²) in [7, 11) is 0. The lowest BCUT2D eigenvalue weighted by atomic mass is 9.92. The van der Waals surface area contributed by atoms with Crippen LogP contribution in [0.15, 0.2) is 0 Å². The fourth-order valence-corrected chi connectivity index (χ4v) is 1.88. The Balaban J connectivity index is 2.09. The van der Waals surface area contributed by atoms with Crippen molar-refractivity contribution in [1.29, 1.82) is 0 Å². The second-order valence-corrected chi connectivity index (χ2v) is 4.37. The Morgan fingerprint density at radius 1 is 1.33 bits per heavy atom. The van der Waals surface area contributed by atoms with Crippen LogP contribution in [-0.4, -0.2) is 24.7 Å². The van der Waals surface area contributed by atoms with E-state index < -0.39 is 0 Å². The minimum absolute atomic E-state index is 0.0241. The van der Waals surface area contributed by atoms with Crippen molar-refractivity contribution in [2.24, 2.45) is 5.73 Å². The van der Waals surface area contributed by atoms with Crippen molar-refractivity contribution in [3.8, 4) is 0 Å². The Kier molecular flexibility index (Phi) is 5.47. The number of nitrogens with one attached hydrogen (secondary N) is 2. The van der Waals surface area contributed by atoms with Gasteiger partial charge in [-0.3, -0.25) is 0 Å². The van der Waals surface area contributed by atoms with E-state index in [-0.39, 0.29) is 6.03 Å². The van der Waals surface area contributed by atoms with E-state index >= 15 is 0 Å². The lowest BCUT2D eigenvalue weighted by Gasteiger charge is -2.26. The molecule has 88 valence electrons. The SMILES string of the molecule is CCCCNC(=O)NC1CCC(N)CC1. The van der Waals surface area contributed by atoms with Gasteiger partial charge in [-0.1, -0.05) is 13.3 Å². The van der Waals surface area contributed by atoms with Gasteiger partial charge in [0.25, 0.3) is 0 Å². The largest absolute Gasteiger partial charge is 0.338 e. The fraction of sp³-hybridized carbons (Fsp3) is 0.909. The molecule has 0 spiro atoms. The van der Waals surface area contributed by atoms with Gasteiger partial charge < -0.3 is 16.4 Å². The minimum Gasteiger partial charge on any atom is -0.338 e. The molecule has 0 atom stereocenters. The third-order valence-electron chi connectivity index (χ3n) is 2.92. The van der Waals surface area contributed by atoms with E-state index in [1.165, 1.54) is 0 Å². The molecule has 0 aromatic heterocycles. The number of hydrogen-bond donors (Lipinski definition) is 3. The molecule has 2 amide bonds. The molecule has 4 heteroatoms. The Hall–Kier alpha value is -0.770. The number of rotatable bonds is 4. The molecule has 4 N–H and O–H groups in total. The van der Waals surface area contributed by atoms with Crippen molar-refractivity contribution >= 4 is 6.03 Å². The predicted octanol–water partition coefficient (Wildman–Crippen LogP) is 1.36. The van der Waals surface area contributed by atoms with Gasteiger partial charge in [0, 0.05) is 18.6 Å². The first-order valence-corrected chi connectivity index (χ1v) is 6.02. The van der Waals surface area contributed by atoms with Crippen LogP contribution in [0.2, 0.25) is 0 Å². The zero-order chi connectivity index (χ0) is 11.1. The summed E-state index contributed by atoms with van der Waals surface area (Å²) < 4.78 is 0. The monoisotopic (exact) mass is 213 g/mol. The third kappa shape index (κ3) is 5.02. The third-order valence-corrected chi connectivity index (χ3v) is 2.92.